The second-order valence-electron chi connectivity index (χ2n) is 7.46. The Balaban J connectivity index is 0.00000320. The van der Waals surface area contributed by atoms with Gasteiger partial charge in [0.1, 0.15) is 11.3 Å². The minimum atomic E-state index is -0.00160. The lowest BCUT2D eigenvalue weighted by atomic mass is 10.0. The van der Waals surface area contributed by atoms with Crippen LogP contribution in [0.15, 0.2) is 36.4 Å². The molecule has 3 aromatic rings. The van der Waals surface area contributed by atoms with Gasteiger partial charge < -0.3 is 9.64 Å². The largest absolute Gasteiger partial charge is 0.492 e. The first-order valence-corrected chi connectivity index (χ1v) is 10.8. The fraction of sp³-hybridized carbons (Fsp3) is 0.391. The first-order valence-electron chi connectivity index (χ1n) is 9.97. The molecule has 0 aliphatic rings. The number of nitrogens with zero attached hydrogens (tertiary/aromatic N) is 3. The number of amides is 1. The van der Waals surface area contributed by atoms with Crippen LogP contribution in [0, 0.1) is 13.8 Å². The number of ether oxygens (including phenoxy) is 1. The van der Waals surface area contributed by atoms with E-state index in [-0.39, 0.29) is 18.3 Å². The number of thiazole rings is 1. The third-order valence-corrected chi connectivity index (χ3v) is 5.79. The summed E-state index contributed by atoms with van der Waals surface area (Å²) in [6, 6.07) is 11.9. The summed E-state index contributed by atoms with van der Waals surface area (Å²) in [5.74, 6) is 0.762. The summed E-state index contributed by atoms with van der Waals surface area (Å²) in [4.78, 5) is 22.2. The zero-order valence-electron chi connectivity index (χ0n) is 18.3. The average Bonchev–Trinajstić information content (AvgIpc) is 3.09. The molecule has 0 unspecified atom stereocenters. The molecule has 3 rings (SSSR count). The highest BCUT2D eigenvalue weighted by molar-refractivity contribution is 7.22. The number of aromatic nitrogens is 1. The quantitative estimate of drug-likeness (QED) is 0.468. The average molecular weight is 448 g/mol. The lowest BCUT2D eigenvalue weighted by Gasteiger charge is -2.22. The molecule has 0 spiro atoms. The summed E-state index contributed by atoms with van der Waals surface area (Å²) in [6.07, 6.45) is 0.873. The van der Waals surface area contributed by atoms with Gasteiger partial charge in [0.15, 0.2) is 5.13 Å². The Labute approximate surface area is 189 Å². The van der Waals surface area contributed by atoms with E-state index in [2.05, 4.69) is 11.0 Å². The standard InChI is InChI=1S/C23H29N3O2S.ClH/c1-6-28-19-9-7-10-20-21(19)24-23(29-20)26(14-8-13-25(4)5)22(27)18-12-11-16(2)15-17(18)3;/h7,9-12,15H,6,8,13-14H2,1-5H3;1H. The number of aryl methyl sites for hydroxylation is 2. The van der Waals surface area contributed by atoms with E-state index in [9.17, 15) is 4.79 Å². The van der Waals surface area contributed by atoms with Crippen molar-refractivity contribution in [3.63, 3.8) is 0 Å². The Morgan fingerprint density at radius 3 is 2.57 bits per heavy atom. The Hall–Kier alpha value is -2.15. The van der Waals surface area contributed by atoms with Crippen molar-refractivity contribution in [1.82, 2.24) is 9.88 Å². The van der Waals surface area contributed by atoms with Gasteiger partial charge in [-0.05, 0) is 71.6 Å². The first kappa shape index (κ1) is 24.1. The van der Waals surface area contributed by atoms with Crippen molar-refractivity contribution in [2.75, 3.05) is 38.7 Å². The van der Waals surface area contributed by atoms with E-state index in [0.717, 1.165) is 50.8 Å². The number of benzene rings is 2. The van der Waals surface area contributed by atoms with Gasteiger partial charge in [0.05, 0.1) is 11.3 Å². The number of carbonyl (C=O) groups is 1. The minimum Gasteiger partial charge on any atom is -0.492 e. The van der Waals surface area contributed by atoms with Crippen molar-refractivity contribution in [2.24, 2.45) is 0 Å². The fourth-order valence-electron chi connectivity index (χ4n) is 3.33. The molecular formula is C23H30ClN3O2S. The summed E-state index contributed by atoms with van der Waals surface area (Å²) in [5, 5.41) is 0.718. The number of fused-ring (bicyclic) bond motifs is 1. The Bertz CT molecular complexity index is 1000. The van der Waals surface area contributed by atoms with E-state index in [1.807, 2.05) is 70.1 Å². The molecule has 0 radical (unpaired) electrons. The molecular weight excluding hydrogens is 418 g/mol. The van der Waals surface area contributed by atoms with Crippen LogP contribution in [-0.4, -0.2) is 49.6 Å². The zero-order valence-corrected chi connectivity index (χ0v) is 19.9. The van der Waals surface area contributed by atoms with Crippen molar-refractivity contribution < 1.29 is 9.53 Å². The summed E-state index contributed by atoms with van der Waals surface area (Å²) >= 11 is 1.54. The van der Waals surface area contributed by atoms with Crippen molar-refractivity contribution in [2.45, 2.75) is 27.2 Å². The zero-order chi connectivity index (χ0) is 21.0. The van der Waals surface area contributed by atoms with Crippen LogP contribution in [0.3, 0.4) is 0 Å². The molecule has 1 amide bonds. The van der Waals surface area contributed by atoms with Crippen LogP contribution in [0.1, 0.15) is 34.8 Å². The summed E-state index contributed by atoms with van der Waals surface area (Å²) in [6.45, 7) is 8.10. The van der Waals surface area contributed by atoms with Crippen molar-refractivity contribution in [3.8, 4) is 5.75 Å². The van der Waals surface area contributed by atoms with E-state index in [0.29, 0.717) is 13.2 Å². The van der Waals surface area contributed by atoms with Gasteiger partial charge in [-0.15, -0.1) is 12.4 Å². The molecule has 1 aromatic heterocycles. The van der Waals surface area contributed by atoms with Crippen LogP contribution in [0.2, 0.25) is 0 Å². The van der Waals surface area contributed by atoms with E-state index in [4.69, 9.17) is 9.72 Å². The Morgan fingerprint density at radius 2 is 1.90 bits per heavy atom. The third-order valence-electron chi connectivity index (χ3n) is 4.75. The molecule has 0 saturated carbocycles. The van der Waals surface area contributed by atoms with E-state index >= 15 is 0 Å². The minimum absolute atomic E-state index is 0. The predicted octanol–water partition coefficient (Wildman–Crippen LogP) is 5.33. The molecule has 0 aliphatic heterocycles. The summed E-state index contributed by atoms with van der Waals surface area (Å²) in [7, 11) is 4.09. The summed E-state index contributed by atoms with van der Waals surface area (Å²) in [5.41, 5.74) is 3.69. The molecule has 5 nitrogen and oxygen atoms in total. The maximum Gasteiger partial charge on any atom is 0.260 e. The van der Waals surface area contributed by atoms with Crippen LogP contribution in [0.25, 0.3) is 10.2 Å². The highest BCUT2D eigenvalue weighted by atomic mass is 35.5. The third kappa shape index (κ3) is 5.50. The van der Waals surface area contributed by atoms with Gasteiger partial charge >= 0.3 is 0 Å². The highest BCUT2D eigenvalue weighted by Crippen LogP contribution is 2.35. The molecule has 0 atom stereocenters. The molecule has 0 N–H and O–H groups in total. The molecule has 0 fully saturated rings. The van der Waals surface area contributed by atoms with Crippen LogP contribution in [0.5, 0.6) is 5.75 Å². The van der Waals surface area contributed by atoms with Crippen LogP contribution in [-0.2, 0) is 0 Å². The highest BCUT2D eigenvalue weighted by Gasteiger charge is 2.23. The smallest absolute Gasteiger partial charge is 0.260 e. The number of halogens is 1. The Kier molecular flexibility index (Phi) is 8.65. The predicted molar refractivity (Wildman–Crippen MR) is 129 cm³/mol. The van der Waals surface area contributed by atoms with Crippen molar-refractivity contribution in [3.05, 3.63) is 53.1 Å². The van der Waals surface area contributed by atoms with Gasteiger partial charge in [-0.1, -0.05) is 35.1 Å². The molecule has 7 heteroatoms. The van der Waals surface area contributed by atoms with E-state index in [1.54, 1.807) is 0 Å². The number of hydrogen-bond acceptors (Lipinski definition) is 5. The maximum atomic E-state index is 13.5. The van der Waals surface area contributed by atoms with Gasteiger partial charge in [-0.3, -0.25) is 9.69 Å². The second kappa shape index (κ2) is 10.8. The van der Waals surface area contributed by atoms with Gasteiger partial charge in [0.2, 0.25) is 0 Å². The van der Waals surface area contributed by atoms with E-state index < -0.39 is 0 Å². The maximum absolute atomic E-state index is 13.5. The molecule has 1 heterocycles. The summed E-state index contributed by atoms with van der Waals surface area (Å²) < 4.78 is 6.76. The molecule has 2 aromatic carbocycles. The fourth-order valence-corrected chi connectivity index (χ4v) is 4.33. The number of rotatable bonds is 8. The normalized spacial score (nSPS) is 10.9. The van der Waals surface area contributed by atoms with Crippen LogP contribution < -0.4 is 9.64 Å². The van der Waals surface area contributed by atoms with Crippen molar-refractivity contribution >= 4 is 45.0 Å². The molecule has 162 valence electrons. The molecule has 0 bridgehead atoms. The van der Waals surface area contributed by atoms with Crippen LogP contribution in [0.4, 0.5) is 5.13 Å². The Morgan fingerprint density at radius 1 is 1.13 bits per heavy atom. The first-order chi connectivity index (χ1) is 13.9. The number of anilines is 1. The molecule has 0 saturated heterocycles. The van der Waals surface area contributed by atoms with Gasteiger partial charge in [0, 0.05) is 12.1 Å². The number of carbonyl (C=O) groups excluding carboxylic acids is 1. The lowest BCUT2D eigenvalue weighted by molar-refractivity contribution is 0.0985. The molecule has 30 heavy (non-hydrogen) atoms. The number of hydrogen-bond donors (Lipinski definition) is 0. The van der Waals surface area contributed by atoms with Gasteiger partial charge in [-0.2, -0.15) is 0 Å². The van der Waals surface area contributed by atoms with Crippen molar-refractivity contribution in [1.29, 1.82) is 0 Å². The number of para-hydroxylation sites is 1. The lowest BCUT2D eigenvalue weighted by Crippen LogP contribution is -2.33. The SMILES string of the molecule is CCOc1cccc2sc(N(CCCN(C)C)C(=O)c3ccc(C)cc3C)nc12.Cl. The van der Waals surface area contributed by atoms with Gasteiger partial charge in [-0.25, -0.2) is 4.98 Å². The topological polar surface area (TPSA) is 45.7 Å². The monoisotopic (exact) mass is 447 g/mol. The van der Waals surface area contributed by atoms with Gasteiger partial charge in [0.25, 0.3) is 5.91 Å². The second-order valence-corrected chi connectivity index (χ2v) is 8.47. The van der Waals surface area contributed by atoms with Crippen LogP contribution >= 0.6 is 23.7 Å². The molecule has 0 aliphatic carbocycles. The van der Waals surface area contributed by atoms with E-state index in [1.165, 1.54) is 11.3 Å².